The monoisotopic (exact) mass is 216 g/mol. The average Bonchev–Trinajstić information content (AvgIpc) is 2.02. The van der Waals surface area contributed by atoms with Crippen LogP contribution in [0.1, 0.15) is 5.56 Å². The first-order chi connectivity index (χ1) is 6.39. The van der Waals surface area contributed by atoms with Gasteiger partial charge in [-0.1, -0.05) is 12.1 Å². The molecule has 2 N–H and O–H groups in total. The van der Waals surface area contributed by atoms with E-state index >= 15 is 0 Å². The summed E-state index contributed by atoms with van der Waals surface area (Å²) in [5.74, 6) is 0. The van der Waals surface area contributed by atoms with Crippen LogP contribution >= 0.6 is 0 Å². The number of hydrogen-bond donors (Lipinski definition) is 1. The van der Waals surface area contributed by atoms with Gasteiger partial charge in [0.2, 0.25) is 16.6 Å². The van der Waals surface area contributed by atoms with Crippen LogP contribution in [0.4, 0.5) is 0 Å². The molecule has 0 amide bonds. The second kappa shape index (κ2) is 3.72. The van der Waals surface area contributed by atoms with Crippen molar-refractivity contribution in [2.24, 2.45) is 5.14 Å². The van der Waals surface area contributed by atoms with Crippen molar-refractivity contribution in [2.45, 2.75) is 11.4 Å². The van der Waals surface area contributed by atoms with E-state index in [0.29, 0.717) is 5.56 Å². The predicted octanol–water partition coefficient (Wildman–Crippen LogP) is 0.111. The molecular formula is C7H8N2O4S. The molecule has 1 aromatic carbocycles. The second-order valence-corrected chi connectivity index (χ2v) is 4.24. The molecule has 0 spiro atoms. The maximum absolute atomic E-state index is 10.8. The van der Waals surface area contributed by atoms with E-state index in [-0.39, 0.29) is 11.4 Å². The lowest BCUT2D eigenvalue weighted by Crippen LogP contribution is -2.12. The minimum absolute atomic E-state index is 0.0513. The quantitative estimate of drug-likeness (QED) is 0.572. The molecule has 0 atom stereocenters. The molecular weight excluding hydrogens is 208 g/mol. The number of primary sulfonamides is 1. The van der Waals surface area contributed by atoms with E-state index in [4.69, 9.17) is 5.14 Å². The summed E-state index contributed by atoms with van der Waals surface area (Å²) in [6.07, 6.45) is 0. The number of sulfonamides is 1. The van der Waals surface area contributed by atoms with Crippen molar-refractivity contribution >= 4 is 10.0 Å². The van der Waals surface area contributed by atoms with Crippen molar-refractivity contribution in [3.63, 3.8) is 0 Å². The fraction of sp³-hybridized carbons (Fsp3) is 0.143. The van der Waals surface area contributed by atoms with Crippen molar-refractivity contribution in [3.05, 3.63) is 39.9 Å². The van der Waals surface area contributed by atoms with Gasteiger partial charge in [-0.2, -0.15) is 0 Å². The summed E-state index contributed by atoms with van der Waals surface area (Å²) in [6.45, 7) is -0.328. The molecule has 0 bridgehead atoms. The van der Waals surface area contributed by atoms with Crippen LogP contribution in [0.25, 0.3) is 0 Å². The normalized spacial score (nSPS) is 11.2. The van der Waals surface area contributed by atoms with Gasteiger partial charge in [-0.15, -0.1) is 0 Å². The molecule has 0 unspecified atom stereocenters. The van der Waals surface area contributed by atoms with Crippen LogP contribution in [0, 0.1) is 10.1 Å². The first-order valence-corrected chi connectivity index (χ1v) is 5.18. The number of nitrogens with two attached hydrogens (primary N) is 1. The van der Waals surface area contributed by atoms with Gasteiger partial charge in [0.15, 0.2) is 0 Å². The van der Waals surface area contributed by atoms with Crippen LogP contribution in [0.2, 0.25) is 0 Å². The third-order valence-corrected chi connectivity index (χ3v) is 2.49. The summed E-state index contributed by atoms with van der Waals surface area (Å²) in [5, 5.41) is 15.0. The molecule has 76 valence electrons. The third kappa shape index (κ3) is 2.79. The highest BCUT2D eigenvalue weighted by molar-refractivity contribution is 7.89. The van der Waals surface area contributed by atoms with E-state index in [0.717, 1.165) is 0 Å². The molecule has 6 nitrogen and oxygen atoms in total. The molecule has 0 heterocycles. The number of nitro groups is 1. The summed E-state index contributed by atoms with van der Waals surface area (Å²) >= 11 is 0. The van der Waals surface area contributed by atoms with Gasteiger partial charge in [-0.25, -0.2) is 13.6 Å². The number of rotatable bonds is 3. The van der Waals surface area contributed by atoms with Gasteiger partial charge >= 0.3 is 0 Å². The zero-order valence-corrected chi connectivity index (χ0v) is 7.90. The molecule has 0 aliphatic carbocycles. The highest BCUT2D eigenvalue weighted by Gasteiger charge is 2.08. The molecule has 7 heteroatoms. The van der Waals surface area contributed by atoms with Crippen molar-refractivity contribution in [1.29, 1.82) is 0 Å². The van der Waals surface area contributed by atoms with Crippen LogP contribution in [-0.2, 0) is 16.6 Å². The highest BCUT2D eigenvalue weighted by Crippen LogP contribution is 2.08. The number of nitrogens with zero attached hydrogens (tertiary/aromatic N) is 1. The zero-order valence-electron chi connectivity index (χ0n) is 7.08. The van der Waals surface area contributed by atoms with Gasteiger partial charge in [0.05, 0.1) is 4.90 Å². The van der Waals surface area contributed by atoms with E-state index < -0.39 is 14.9 Å². The summed E-state index contributed by atoms with van der Waals surface area (Å²) in [7, 11) is -3.72. The lowest BCUT2D eigenvalue weighted by molar-refractivity contribution is -0.496. The number of benzene rings is 1. The second-order valence-electron chi connectivity index (χ2n) is 2.68. The van der Waals surface area contributed by atoms with Crippen LogP contribution in [0.3, 0.4) is 0 Å². The predicted molar refractivity (Wildman–Crippen MR) is 48.5 cm³/mol. The number of hydrogen-bond acceptors (Lipinski definition) is 4. The van der Waals surface area contributed by atoms with Gasteiger partial charge in [-0.3, -0.25) is 10.1 Å². The molecule has 0 aliphatic rings. The molecule has 14 heavy (non-hydrogen) atoms. The van der Waals surface area contributed by atoms with Crippen LogP contribution in [0.15, 0.2) is 29.2 Å². The van der Waals surface area contributed by atoms with Crippen molar-refractivity contribution in [2.75, 3.05) is 0 Å². The van der Waals surface area contributed by atoms with E-state index in [1.165, 1.54) is 24.3 Å². The Bertz CT molecular complexity index is 437. The third-order valence-electron chi connectivity index (χ3n) is 1.56. The van der Waals surface area contributed by atoms with Crippen molar-refractivity contribution in [3.8, 4) is 0 Å². The van der Waals surface area contributed by atoms with Crippen LogP contribution in [0.5, 0.6) is 0 Å². The van der Waals surface area contributed by atoms with Gasteiger partial charge in [0, 0.05) is 10.5 Å². The summed E-state index contributed by atoms with van der Waals surface area (Å²) in [6, 6.07) is 5.22. The maximum atomic E-state index is 10.8. The standard InChI is InChI=1S/C7H8N2O4S/c8-14(12,13)7-3-1-6(2-4-7)5-9(10)11/h1-4H,5H2,(H2,8,12,13). The molecule has 0 saturated heterocycles. The van der Waals surface area contributed by atoms with E-state index in [9.17, 15) is 18.5 Å². The smallest absolute Gasteiger partial charge is 0.238 e. The molecule has 1 aromatic rings. The fourth-order valence-electron chi connectivity index (χ4n) is 0.934. The fourth-order valence-corrected chi connectivity index (χ4v) is 1.45. The first-order valence-electron chi connectivity index (χ1n) is 3.63. The van der Waals surface area contributed by atoms with Gasteiger partial charge in [0.1, 0.15) is 0 Å². The van der Waals surface area contributed by atoms with Gasteiger partial charge in [-0.05, 0) is 12.1 Å². The van der Waals surface area contributed by atoms with Gasteiger partial charge in [0.25, 0.3) is 0 Å². The Balaban J connectivity index is 2.95. The Hall–Kier alpha value is -1.47. The van der Waals surface area contributed by atoms with E-state index in [1.54, 1.807) is 0 Å². The average molecular weight is 216 g/mol. The van der Waals surface area contributed by atoms with Crippen molar-refractivity contribution in [1.82, 2.24) is 0 Å². The Kier molecular flexibility index (Phi) is 2.82. The van der Waals surface area contributed by atoms with E-state index in [1.807, 2.05) is 0 Å². The first kappa shape index (κ1) is 10.6. The molecule has 0 saturated carbocycles. The Morgan fingerprint density at radius 3 is 2.14 bits per heavy atom. The minimum Gasteiger partial charge on any atom is -0.264 e. The largest absolute Gasteiger partial charge is 0.264 e. The molecule has 0 aliphatic heterocycles. The zero-order chi connectivity index (χ0) is 10.8. The lowest BCUT2D eigenvalue weighted by atomic mass is 10.2. The molecule has 0 aromatic heterocycles. The molecule has 1 rings (SSSR count). The van der Waals surface area contributed by atoms with Crippen LogP contribution < -0.4 is 5.14 Å². The molecule has 0 fully saturated rings. The van der Waals surface area contributed by atoms with Gasteiger partial charge < -0.3 is 0 Å². The van der Waals surface area contributed by atoms with E-state index in [2.05, 4.69) is 0 Å². The summed E-state index contributed by atoms with van der Waals surface area (Å²) in [4.78, 5) is 9.57. The highest BCUT2D eigenvalue weighted by atomic mass is 32.2. The Labute approximate surface area is 80.5 Å². The summed E-state index contributed by atoms with van der Waals surface area (Å²) in [5.41, 5.74) is 0.433. The maximum Gasteiger partial charge on any atom is 0.238 e. The SMILES string of the molecule is NS(=O)(=O)c1ccc(C[N+](=O)[O-])cc1. The summed E-state index contributed by atoms with van der Waals surface area (Å²) < 4.78 is 21.6. The van der Waals surface area contributed by atoms with Crippen LogP contribution in [-0.4, -0.2) is 13.3 Å². The Morgan fingerprint density at radius 1 is 1.29 bits per heavy atom. The minimum atomic E-state index is -3.72. The van der Waals surface area contributed by atoms with Crippen molar-refractivity contribution < 1.29 is 13.3 Å². The Morgan fingerprint density at radius 2 is 1.79 bits per heavy atom. The molecule has 0 radical (unpaired) electrons. The topological polar surface area (TPSA) is 103 Å². The lowest BCUT2D eigenvalue weighted by Gasteiger charge is -1.98.